The number of carbonyl (C=O) groups is 1. The highest BCUT2D eigenvalue weighted by atomic mass is 16.1. The van der Waals surface area contributed by atoms with Crippen LogP contribution in [0.3, 0.4) is 0 Å². The largest absolute Gasteiger partial charge is 0.354 e. The lowest BCUT2D eigenvalue weighted by atomic mass is 10.1. The van der Waals surface area contributed by atoms with Crippen molar-refractivity contribution < 1.29 is 4.79 Å². The lowest BCUT2D eigenvalue weighted by Crippen LogP contribution is -2.46. The maximum atomic E-state index is 12.6. The first-order valence-corrected chi connectivity index (χ1v) is 8.15. The van der Waals surface area contributed by atoms with Gasteiger partial charge in [0, 0.05) is 53.5 Å². The molecule has 4 rings (SSSR count). The predicted molar refractivity (Wildman–Crippen MR) is 94.1 cm³/mol. The van der Waals surface area contributed by atoms with Gasteiger partial charge in [0.05, 0.1) is 6.54 Å². The SMILES string of the molecule is CN1CCN(CC(=O)c2ccc3c(c2)[nH]c2ccccc23)CC1. The first kappa shape index (κ1) is 14.4. The molecular weight excluding hydrogens is 286 g/mol. The summed E-state index contributed by atoms with van der Waals surface area (Å²) in [4.78, 5) is 20.5. The molecule has 4 heteroatoms. The molecule has 3 aromatic rings. The second kappa shape index (κ2) is 5.80. The number of nitrogens with one attached hydrogen (secondary N) is 1. The molecule has 0 aliphatic carbocycles. The number of ketones is 1. The van der Waals surface area contributed by atoms with Crippen LogP contribution in [0.5, 0.6) is 0 Å². The minimum Gasteiger partial charge on any atom is -0.354 e. The number of Topliss-reactive ketones (excluding diaryl/α,β-unsaturated/α-hetero) is 1. The molecular formula is C19H21N3O. The molecule has 1 aliphatic rings. The lowest BCUT2D eigenvalue weighted by molar-refractivity contribution is 0.0876. The number of hydrogen-bond donors (Lipinski definition) is 1. The van der Waals surface area contributed by atoms with Gasteiger partial charge >= 0.3 is 0 Å². The summed E-state index contributed by atoms with van der Waals surface area (Å²) in [5.41, 5.74) is 2.95. The van der Waals surface area contributed by atoms with Gasteiger partial charge in [0.25, 0.3) is 0 Å². The number of nitrogens with zero attached hydrogens (tertiary/aromatic N) is 2. The maximum absolute atomic E-state index is 12.6. The van der Waals surface area contributed by atoms with E-state index in [4.69, 9.17) is 0 Å². The molecule has 118 valence electrons. The van der Waals surface area contributed by atoms with E-state index in [0.29, 0.717) is 6.54 Å². The lowest BCUT2D eigenvalue weighted by Gasteiger charge is -2.31. The Balaban J connectivity index is 1.58. The monoisotopic (exact) mass is 307 g/mol. The Hall–Kier alpha value is -2.17. The predicted octanol–water partition coefficient (Wildman–Crippen LogP) is 2.75. The summed E-state index contributed by atoms with van der Waals surface area (Å²) in [6, 6.07) is 14.3. The topological polar surface area (TPSA) is 39.3 Å². The Labute approximate surface area is 135 Å². The number of hydrogen-bond acceptors (Lipinski definition) is 3. The Morgan fingerprint density at radius 3 is 2.57 bits per heavy atom. The normalized spacial score (nSPS) is 17.1. The number of carbonyl (C=O) groups excluding carboxylic acids is 1. The van der Waals surface area contributed by atoms with E-state index in [-0.39, 0.29) is 5.78 Å². The Morgan fingerprint density at radius 1 is 1.00 bits per heavy atom. The number of para-hydroxylation sites is 1. The van der Waals surface area contributed by atoms with Crippen LogP contribution in [0.25, 0.3) is 21.8 Å². The van der Waals surface area contributed by atoms with Gasteiger partial charge in [0.15, 0.2) is 5.78 Å². The number of rotatable bonds is 3. The third kappa shape index (κ3) is 2.76. The van der Waals surface area contributed by atoms with Crippen molar-refractivity contribution in [1.29, 1.82) is 0 Å². The van der Waals surface area contributed by atoms with Gasteiger partial charge in [-0.05, 0) is 19.2 Å². The Morgan fingerprint density at radius 2 is 1.74 bits per heavy atom. The molecule has 4 nitrogen and oxygen atoms in total. The van der Waals surface area contributed by atoms with Gasteiger partial charge in [0.1, 0.15) is 0 Å². The smallest absolute Gasteiger partial charge is 0.176 e. The third-order valence-corrected chi connectivity index (χ3v) is 4.79. The number of benzene rings is 2. The summed E-state index contributed by atoms with van der Waals surface area (Å²) in [6.45, 7) is 4.52. The van der Waals surface area contributed by atoms with Crippen LogP contribution < -0.4 is 0 Å². The van der Waals surface area contributed by atoms with Gasteiger partial charge in [-0.15, -0.1) is 0 Å². The van der Waals surface area contributed by atoms with Crippen LogP contribution in [0, 0.1) is 0 Å². The van der Waals surface area contributed by atoms with Crippen LogP contribution in [0.2, 0.25) is 0 Å². The summed E-state index contributed by atoms with van der Waals surface area (Å²) in [5, 5.41) is 2.39. The minimum absolute atomic E-state index is 0.204. The number of likely N-dealkylation sites (N-methyl/N-ethyl adjacent to an activating group) is 1. The van der Waals surface area contributed by atoms with Gasteiger partial charge in [0.2, 0.25) is 0 Å². The summed E-state index contributed by atoms with van der Waals surface area (Å²) in [5.74, 6) is 0.204. The molecule has 2 aromatic carbocycles. The molecule has 0 unspecified atom stereocenters. The summed E-state index contributed by atoms with van der Waals surface area (Å²) in [6.07, 6.45) is 0. The molecule has 23 heavy (non-hydrogen) atoms. The van der Waals surface area contributed by atoms with Crippen LogP contribution in [0.15, 0.2) is 42.5 Å². The maximum Gasteiger partial charge on any atom is 0.176 e. The van der Waals surface area contributed by atoms with Crippen molar-refractivity contribution in [2.75, 3.05) is 39.8 Å². The van der Waals surface area contributed by atoms with E-state index >= 15 is 0 Å². The number of aromatic nitrogens is 1. The molecule has 0 atom stereocenters. The molecule has 1 fully saturated rings. The molecule has 0 amide bonds. The van der Waals surface area contributed by atoms with Crippen molar-refractivity contribution in [2.24, 2.45) is 0 Å². The molecule has 2 heterocycles. The van der Waals surface area contributed by atoms with E-state index < -0.39 is 0 Å². The zero-order valence-electron chi connectivity index (χ0n) is 13.4. The van der Waals surface area contributed by atoms with Crippen LogP contribution in [-0.2, 0) is 0 Å². The molecule has 1 aromatic heterocycles. The van der Waals surface area contributed by atoms with E-state index in [2.05, 4.69) is 40.0 Å². The fourth-order valence-electron chi connectivity index (χ4n) is 3.33. The van der Waals surface area contributed by atoms with Crippen LogP contribution in [0.1, 0.15) is 10.4 Å². The van der Waals surface area contributed by atoms with Crippen LogP contribution >= 0.6 is 0 Å². The fraction of sp³-hybridized carbons (Fsp3) is 0.316. The highest BCUT2D eigenvalue weighted by molar-refractivity contribution is 6.09. The summed E-state index contributed by atoms with van der Waals surface area (Å²) in [7, 11) is 2.13. The second-order valence-electron chi connectivity index (χ2n) is 6.43. The highest BCUT2D eigenvalue weighted by Crippen LogP contribution is 2.26. The van der Waals surface area contributed by atoms with Crippen molar-refractivity contribution in [3.8, 4) is 0 Å². The molecule has 0 radical (unpaired) electrons. The summed E-state index contributed by atoms with van der Waals surface area (Å²) >= 11 is 0. The standard InChI is InChI=1S/C19H21N3O/c1-21-8-10-22(11-9-21)13-19(23)14-6-7-16-15-4-2-3-5-17(15)20-18(16)12-14/h2-7,12,20H,8-11,13H2,1H3. The third-order valence-electron chi connectivity index (χ3n) is 4.79. The second-order valence-corrected chi connectivity index (χ2v) is 6.43. The van der Waals surface area contributed by atoms with Gasteiger partial charge in [-0.3, -0.25) is 9.69 Å². The number of piperazine rings is 1. The molecule has 1 aliphatic heterocycles. The average Bonchev–Trinajstić information content (AvgIpc) is 2.94. The molecule has 1 saturated heterocycles. The molecule has 1 N–H and O–H groups in total. The van der Waals surface area contributed by atoms with Gasteiger partial charge in [-0.1, -0.05) is 30.3 Å². The zero-order valence-corrected chi connectivity index (χ0v) is 13.4. The molecule has 0 spiro atoms. The van der Waals surface area contributed by atoms with Crippen molar-refractivity contribution in [1.82, 2.24) is 14.8 Å². The van der Waals surface area contributed by atoms with Gasteiger partial charge in [-0.2, -0.15) is 0 Å². The highest BCUT2D eigenvalue weighted by Gasteiger charge is 2.18. The van der Waals surface area contributed by atoms with Crippen LogP contribution in [0.4, 0.5) is 0 Å². The van der Waals surface area contributed by atoms with E-state index in [1.165, 1.54) is 10.8 Å². The first-order valence-electron chi connectivity index (χ1n) is 8.15. The van der Waals surface area contributed by atoms with Crippen molar-refractivity contribution >= 4 is 27.6 Å². The number of H-pyrrole nitrogens is 1. The quantitative estimate of drug-likeness (QED) is 0.756. The Bertz CT molecular complexity index is 859. The van der Waals surface area contributed by atoms with Gasteiger partial charge in [-0.25, -0.2) is 0 Å². The minimum atomic E-state index is 0.204. The number of fused-ring (bicyclic) bond motifs is 3. The van der Waals surface area contributed by atoms with Crippen molar-refractivity contribution in [3.63, 3.8) is 0 Å². The Kier molecular flexibility index (Phi) is 3.63. The van der Waals surface area contributed by atoms with E-state index in [1.54, 1.807) is 0 Å². The zero-order chi connectivity index (χ0) is 15.8. The number of aromatic amines is 1. The van der Waals surface area contributed by atoms with Crippen molar-refractivity contribution in [3.05, 3.63) is 48.0 Å². The fourth-order valence-corrected chi connectivity index (χ4v) is 3.33. The van der Waals surface area contributed by atoms with Crippen molar-refractivity contribution in [2.45, 2.75) is 0 Å². The molecule has 0 bridgehead atoms. The van der Waals surface area contributed by atoms with E-state index in [0.717, 1.165) is 42.8 Å². The van der Waals surface area contributed by atoms with Crippen LogP contribution in [-0.4, -0.2) is 60.3 Å². The first-order chi connectivity index (χ1) is 11.2. The summed E-state index contributed by atoms with van der Waals surface area (Å²) < 4.78 is 0. The van der Waals surface area contributed by atoms with E-state index in [9.17, 15) is 4.79 Å². The average molecular weight is 307 g/mol. The van der Waals surface area contributed by atoms with E-state index in [1.807, 2.05) is 24.3 Å². The van der Waals surface area contributed by atoms with Gasteiger partial charge < -0.3 is 9.88 Å². The molecule has 0 saturated carbocycles.